The number of hydrogen-bond donors (Lipinski definition) is 3. The van der Waals surface area contributed by atoms with Gasteiger partial charge in [-0.05, 0) is 60.5 Å². The van der Waals surface area contributed by atoms with Crippen LogP contribution in [0.3, 0.4) is 0 Å². The first-order chi connectivity index (χ1) is 18.4. The summed E-state index contributed by atoms with van der Waals surface area (Å²) in [5.41, 5.74) is 8.60. The Morgan fingerprint density at radius 2 is 1.97 bits per heavy atom. The van der Waals surface area contributed by atoms with Crippen LogP contribution >= 0.6 is 9.24 Å². The molecule has 3 aromatic carbocycles. The molecule has 0 aromatic heterocycles. The molecular weight excluding hydrogens is 496 g/mol. The van der Waals surface area contributed by atoms with Crippen LogP contribution in [0.15, 0.2) is 84.6 Å². The second-order valence-corrected chi connectivity index (χ2v) is 9.57. The molecule has 0 saturated carbocycles. The van der Waals surface area contributed by atoms with Crippen molar-refractivity contribution in [2.24, 2.45) is 0 Å². The average Bonchev–Trinajstić information content (AvgIpc) is 2.90. The van der Waals surface area contributed by atoms with Gasteiger partial charge >= 0.3 is 0 Å². The Kier molecular flexibility index (Phi) is 8.93. The van der Waals surface area contributed by atoms with Crippen molar-refractivity contribution in [3.05, 3.63) is 118 Å². The van der Waals surface area contributed by atoms with E-state index in [9.17, 15) is 14.0 Å². The standard InChI is InChI=1S/C31H29FN3O2P/c1-34-19-27(20-7-5-8-22(17-20)35-31(37)21-13-14-30(38)28(32)18-21)25-10-4-2-3-9-24-23(25)11-6-12-26(24)29(36)15-16-33/h2-8,11-14,16-18,27,33-34H,9,15,19,38H2,1H3,(H,35,37). The van der Waals surface area contributed by atoms with Crippen molar-refractivity contribution in [3.8, 4) is 0 Å². The SMILES string of the molecule is CNCC(C1=C=CC=CCc2c(C(=O)CC=N)cccc21)c1cccc(NC(=O)c2ccc(P)c(F)c2)c1. The minimum absolute atomic E-state index is 0.0560. The van der Waals surface area contributed by atoms with Gasteiger partial charge in [0.25, 0.3) is 5.91 Å². The molecule has 38 heavy (non-hydrogen) atoms. The molecule has 1 aliphatic carbocycles. The summed E-state index contributed by atoms with van der Waals surface area (Å²) in [5.74, 6) is -1.08. The maximum Gasteiger partial charge on any atom is 0.255 e. The Morgan fingerprint density at radius 3 is 2.74 bits per heavy atom. The lowest BCUT2D eigenvalue weighted by Gasteiger charge is -2.24. The second-order valence-electron chi connectivity index (χ2n) is 8.95. The topological polar surface area (TPSA) is 82.1 Å². The minimum Gasteiger partial charge on any atom is -0.322 e. The Labute approximate surface area is 224 Å². The molecule has 0 aliphatic heterocycles. The Balaban J connectivity index is 1.73. The maximum atomic E-state index is 14.0. The first kappa shape index (κ1) is 27.1. The van der Waals surface area contributed by atoms with E-state index in [0.717, 1.165) is 28.5 Å². The molecular formula is C31H29FN3O2P. The normalized spacial score (nSPS) is 13.1. The summed E-state index contributed by atoms with van der Waals surface area (Å²) in [6.07, 6.45) is 7.58. The Bertz CT molecular complexity index is 1490. The van der Waals surface area contributed by atoms with Gasteiger partial charge in [0.1, 0.15) is 5.82 Å². The number of anilines is 1. The van der Waals surface area contributed by atoms with E-state index >= 15 is 0 Å². The third kappa shape index (κ3) is 6.12. The van der Waals surface area contributed by atoms with Crippen molar-refractivity contribution < 1.29 is 14.0 Å². The van der Waals surface area contributed by atoms with Gasteiger partial charge < -0.3 is 16.0 Å². The zero-order valence-electron chi connectivity index (χ0n) is 21.1. The van der Waals surface area contributed by atoms with Crippen molar-refractivity contribution in [2.75, 3.05) is 18.9 Å². The number of carbonyl (C=O) groups excluding carboxylic acids is 2. The van der Waals surface area contributed by atoms with Gasteiger partial charge in [0, 0.05) is 52.8 Å². The van der Waals surface area contributed by atoms with Crippen LogP contribution in [0, 0.1) is 11.2 Å². The van der Waals surface area contributed by atoms with E-state index < -0.39 is 11.7 Å². The number of nitrogens with one attached hydrogen (secondary N) is 3. The van der Waals surface area contributed by atoms with E-state index in [-0.39, 0.29) is 23.7 Å². The van der Waals surface area contributed by atoms with Crippen LogP contribution in [0.4, 0.5) is 10.1 Å². The lowest BCUT2D eigenvalue weighted by Crippen LogP contribution is -2.20. The summed E-state index contributed by atoms with van der Waals surface area (Å²) in [7, 11) is 4.18. The summed E-state index contributed by atoms with van der Waals surface area (Å²) in [5, 5.41) is 13.9. The quantitative estimate of drug-likeness (QED) is 0.150. The molecule has 3 N–H and O–H groups in total. The molecule has 1 amide bonds. The Morgan fingerprint density at radius 1 is 1.16 bits per heavy atom. The molecule has 2 atom stereocenters. The average molecular weight is 526 g/mol. The third-order valence-electron chi connectivity index (χ3n) is 6.41. The zero-order chi connectivity index (χ0) is 27.1. The molecule has 2 unspecified atom stereocenters. The molecule has 0 spiro atoms. The number of likely N-dealkylation sites (N-methyl/N-ethyl adjacent to an activating group) is 1. The van der Waals surface area contributed by atoms with E-state index in [1.165, 1.54) is 6.07 Å². The van der Waals surface area contributed by atoms with Gasteiger partial charge in [0.15, 0.2) is 5.78 Å². The highest BCUT2D eigenvalue weighted by atomic mass is 31.0. The predicted octanol–water partition coefficient (Wildman–Crippen LogP) is 5.45. The highest BCUT2D eigenvalue weighted by molar-refractivity contribution is 7.27. The summed E-state index contributed by atoms with van der Waals surface area (Å²) in [6, 6.07) is 17.6. The smallest absolute Gasteiger partial charge is 0.255 e. The molecule has 192 valence electrons. The molecule has 4 rings (SSSR count). The van der Waals surface area contributed by atoms with Gasteiger partial charge in [0.2, 0.25) is 0 Å². The fourth-order valence-electron chi connectivity index (χ4n) is 4.58. The van der Waals surface area contributed by atoms with Crippen LogP contribution in [0.25, 0.3) is 5.57 Å². The van der Waals surface area contributed by atoms with Gasteiger partial charge in [-0.2, -0.15) is 0 Å². The highest BCUT2D eigenvalue weighted by Gasteiger charge is 2.23. The van der Waals surface area contributed by atoms with E-state index in [2.05, 4.69) is 25.6 Å². The molecule has 5 nitrogen and oxygen atoms in total. The summed E-state index contributed by atoms with van der Waals surface area (Å²) in [6.45, 7) is 0.593. The number of Topliss-reactive ketones (excluding diaryl/α,β-unsaturated/α-hetero) is 1. The van der Waals surface area contributed by atoms with E-state index in [4.69, 9.17) is 5.41 Å². The second kappa shape index (κ2) is 12.5. The summed E-state index contributed by atoms with van der Waals surface area (Å²) in [4.78, 5) is 25.6. The van der Waals surface area contributed by atoms with Crippen LogP contribution in [0.2, 0.25) is 0 Å². The number of fused-ring (bicyclic) bond motifs is 1. The van der Waals surface area contributed by atoms with Crippen LogP contribution in [0.5, 0.6) is 0 Å². The van der Waals surface area contributed by atoms with Crippen molar-refractivity contribution >= 4 is 43.7 Å². The lowest BCUT2D eigenvalue weighted by atomic mass is 9.82. The fraction of sp³-hybridized carbons (Fsp3) is 0.161. The number of halogens is 1. The van der Waals surface area contributed by atoms with Crippen molar-refractivity contribution in [1.82, 2.24) is 5.32 Å². The molecule has 0 saturated heterocycles. The summed E-state index contributed by atoms with van der Waals surface area (Å²) < 4.78 is 14.0. The van der Waals surface area contributed by atoms with Gasteiger partial charge in [-0.3, -0.25) is 9.59 Å². The fourth-order valence-corrected chi connectivity index (χ4v) is 4.76. The number of amides is 1. The number of benzene rings is 3. The minimum atomic E-state index is -0.459. The van der Waals surface area contributed by atoms with Gasteiger partial charge in [-0.15, -0.1) is 15.0 Å². The molecule has 1 aliphatic rings. The first-order valence-electron chi connectivity index (χ1n) is 12.3. The van der Waals surface area contributed by atoms with E-state index in [1.807, 2.05) is 61.7 Å². The van der Waals surface area contributed by atoms with Gasteiger partial charge in [-0.25, -0.2) is 4.39 Å². The molecule has 0 fully saturated rings. The largest absolute Gasteiger partial charge is 0.322 e. The van der Waals surface area contributed by atoms with E-state index in [0.29, 0.717) is 29.5 Å². The zero-order valence-corrected chi connectivity index (χ0v) is 22.2. The predicted molar refractivity (Wildman–Crippen MR) is 155 cm³/mol. The maximum absolute atomic E-state index is 14.0. The van der Waals surface area contributed by atoms with Crippen LogP contribution in [-0.2, 0) is 6.42 Å². The summed E-state index contributed by atoms with van der Waals surface area (Å²) >= 11 is 0. The first-order valence-corrected chi connectivity index (χ1v) is 12.9. The number of rotatable bonds is 9. The molecule has 0 radical (unpaired) electrons. The molecule has 3 aromatic rings. The molecule has 7 heteroatoms. The monoisotopic (exact) mass is 525 g/mol. The van der Waals surface area contributed by atoms with Crippen molar-refractivity contribution in [2.45, 2.75) is 18.8 Å². The molecule has 0 bridgehead atoms. The van der Waals surface area contributed by atoms with Gasteiger partial charge in [0.05, 0.1) is 0 Å². The number of hydrogen-bond acceptors (Lipinski definition) is 4. The van der Waals surface area contributed by atoms with Crippen LogP contribution < -0.4 is 15.9 Å². The number of carbonyl (C=O) groups is 2. The number of ketones is 1. The van der Waals surface area contributed by atoms with Crippen LogP contribution in [-0.4, -0.2) is 31.5 Å². The highest BCUT2D eigenvalue weighted by Crippen LogP contribution is 2.36. The lowest BCUT2D eigenvalue weighted by molar-refractivity contribution is 0.0998. The van der Waals surface area contributed by atoms with Gasteiger partial charge in [-0.1, -0.05) is 48.6 Å². The molecule has 0 heterocycles. The Hall–Kier alpha value is -3.95. The third-order valence-corrected chi connectivity index (χ3v) is 6.88. The van der Waals surface area contributed by atoms with Crippen molar-refractivity contribution in [1.29, 1.82) is 5.41 Å². The number of allylic oxidation sites excluding steroid dienone is 2. The van der Waals surface area contributed by atoms with Crippen molar-refractivity contribution in [3.63, 3.8) is 0 Å². The van der Waals surface area contributed by atoms with Crippen LogP contribution in [0.1, 0.15) is 49.7 Å². The van der Waals surface area contributed by atoms with E-state index in [1.54, 1.807) is 18.2 Å².